The first-order valence-electron chi connectivity index (χ1n) is 6.79. The quantitative estimate of drug-likeness (QED) is 0.677. The minimum absolute atomic E-state index is 0.0943. The fourth-order valence-electron chi connectivity index (χ4n) is 2.02. The van der Waals surface area contributed by atoms with Gasteiger partial charge in [-0.1, -0.05) is 13.8 Å². The molecule has 17 heavy (non-hydrogen) atoms. The molecule has 0 saturated carbocycles. The molecule has 4 heteroatoms. The molecule has 100 valence electrons. The van der Waals surface area contributed by atoms with Crippen molar-refractivity contribution in [3.05, 3.63) is 0 Å². The van der Waals surface area contributed by atoms with Crippen molar-refractivity contribution in [2.24, 2.45) is 5.92 Å². The molecule has 4 nitrogen and oxygen atoms in total. The van der Waals surface area contributed by atoms with Crippen LogP contribution < -0.4 is 10.6 Å². The predicted octanol–water partition coefficient (Wildman–Crippen LogP) is 0.833. The molecule has 1 rings (SSSR count). The van der Waals surface area contributed by atoms with Gasteiger partial charge in [-0.3, -0.25) is 4.79 Å². The van der Waals surface area contributed by atoms with Crippen LogP contribution in [0.5, 0.6) is 0 Å². The minimum atomic E-state index is 0.0943. The van der Waals surface area contributed by atoms with Crippen LogP contribution in [0.4, 0.5) is 0 Å². The van der Waals surface area contributed by atoms with Gasteiger partial charge in [0, 0.05) is 18.5 Å². The lowest BCUT2D eigenvalue weighted by Crippen LogP contribution is -2.41. The Hall–Kier alpha value is -0.610. The van der Waals surface area contributed by atoms with Crippen LogP contribution in [0, 0.1) is 5.92 Å². The normalized spacial score (nSPS) is 18.6. The Balaban J connectivity index is 1.96. The number of rotatable bonds is 6. The van der Waals surface area contributed by atoms with Crippen LogP contribution in [-0.4, -0.2) is 50.1 Å². The topological polar surface area (TPSA) is 44.4 Å². The number of hydrogen-bond acceptors (Lipinski definition) is 3. The second kappa shape index (κ2) is 7.67. The van der Waals surface area contributed by atoms with Crippen molar-refractivity contribution in [1.29, 1.82) is 0 Å². The zero-order valence-electron chi connectivity index (χ0n) is 11.5. The van der Waals surface area contributed by atoms with Crippen molar-refractivity contribution >= 4 is 5.91 Å². The van der Waals surface area contributed by atoms with Crippen molar-refractivity contribution in [3.8, 4) is 0 Å². The zero-order valence-corrected chi connectivity index (χ0v) is 11.5. The fraction of sp³-hybridized carbons (Fsp3) is 0.923. The van der Waals surface area contributed by atoms with Gasteiger partial charge < -0.3 is 15.5 Å². The molecule has 1 aliphatic rings. The highest BCUT2D eigenvalue weighted by Crippen LogP contribution is 2.07. The molecule has 1 heterocycles. The first kappa shape index (κ1) is 14.5. The Morgan fingerprint density at radius 1 is 1.29 bits per heavy atom. The maximum Gasteiger partial charge on any atom is 0.222 e. The fourth-order valence-corrected chi connectivity index (χ4v) is 2.02. The third-order valence-electron chi connectivity index (χ3n) is 3.33. The highest BCUT2D eigenvalue weighted by atomic mass is 16.1. The Bertz CT molecular complexity index is 223. The van der Waals surface area contributed by atoms with E-state index in [-0.39, 0.29) is 11.8 Å². The van der Waals surface area contributed by atoms with Crippen molar-refractivity contribution in [2.75, 3.05) is 33.2 Å². The predicted molar refractivity (Wildman–Crippen MR) is 71.0 cm³/mol. The molecule has 1 fully saturated rings. The van der Waals surface area contributed by atoms with Gasteiger partial charge in [0.1, 0.15) is 0 Å². The van der Waals surface area contributed by atoms with Crippen LogP contribution in [0.3, 0.4) is 0 Å². The summed E-state index contributed by atoms with van der Waals surface area (Å²) in [4.78, 5) is 13.7. The Morgan fingerprint density at radius 2 is 1.94 bits per heavy atom. The molecule has 0 unspecified atom stereocenters. The summed E-state index contributed by atoms with van der Waals surface area (Å²) in [5.41, 5.74) is 0. The van der Waals surface area contributed by atoms with Crippen molar-refractivity contribution < 1.29 is 4.79 Å². The van der Waals surface area contributed by atoms with Crippen LogP contribution in [0.25, 0.3) is 0 Å². The van der Waals surface area contributed by atoms with E-state index in [4.69, 9.17) is 0 Å². The SMILES string of the molecule is CC(C)C(=O)NCCCNC1CCN(C)CC1. The third kappa shape index (κ3) is 6.03. The largest absolute Gasteiger partial charge is 0.356 e. The molecule has 0 aromatic heterocycles. The van der Waals surface area contributed by atoms with Crippen LogP contribution in [0.15, 0.2) is 0 Å². The lowest BCUT2D eigenvalue weighted by Gasteiger charge is -2.29. The number of amides is 1. The number of carbonyl (C=O) groups excluding carboxylic acids is 1. The van der Waals surface area contributed by atoms with Crippen molar-refractivity contribution in [3.63, 3.8) is 0 Å². The molecule has 1 amide bonds. The summed E-state index contributed by atoms with van der Waals surface area (Å²) in [6.07, 6.45) is 3.51. The molecule has 2 N–H and O–H groups in total. The molecule has 0 aliphatic carbocycles. The molecule has 0 bridgehead atoms. The Kier molecular flexibility index (Phi) is 6.52. The molecule has 0 aromatic rings. The van der Waals surface area contributed by atoms with E-state index in [0.29, 0.717) is 6.04 Å². The van der Waals surface area contributed by atoms with Gasteiger partial charge >= 0.3 is 0 Å². The van der Waals surface area contributed by atoms with Crippen molar-refractivity contribution in [2.45, 2.75) is 39.2 Å². The monoisotopic (exact) mass is 241 g/mol. The summed E-state index contributed by atoms with van der Waals surface area (Å²) in [7, 11) is 2.18. The van der Waals surface area contributed by atoms with E-state index in [1.54, 1.807) is 0 Å². The van der Waals surface area contributed by atoms with Gasteiger partial charge in [0.25, 0.3) is 0 Å². The van der Waals surface area contributed by atoms with Gasteiger partial charge in [-0.25, -0.2) is 0 Å². The van der Waals surface area contributed by atoms with Crippen LogP contribution in [0.1, 0.15) is 33.1 Å². The van der Waals surface area contributed by atoms with Crippen LogP contribution in [-0.2, 0) is 4.79 Å². The summed E-state index contributed by atoms with van der Waals surface area (Å²) in [5, 5.41) is 6.51. The summed E-state index contributed by atoms with van der Waals surface area (Å²) in [5.74, 6) is 0.251. The second-order valence-corrected chi connectivity index (χ2v) is 5.33. The lowest BCUT2D eigenvalue weighted by molar-refractivity contribution is -0.123. The summed E-state index contributed by atoms with van der Waals surface area (Å²) in [6, 6.07) is 0.673. The lowest BCUT2D eigenvalue weighted by atomic mass is 10.1. The van der Waals surface area contributed by atoms with Gasteiger partial charge in [-0.2, -0.15) is 0 Å². The number of nitrogens with zero attached hydrogens (tertiary/aromatic N) is 1. The number of hydrogen-bond donors (Lipinski definition) is 2. The third-order valence-corrected chi connectivity index (χ3v) is 3.33. The number of carbonyl (C=O) groups is 1. The zero-order chi connectivity index (χ0) is 12.7. The van der Waals surface area contributed by atoms with E-state index in [1.807, 2.05) is 13.8 Å². The highest BCUT2D eigenvalue weighted by molar-refractivity contribution is 5.77. The molecular formula is C13H27N3O. The summed E-state index contributed by atoms with van der Waals surface area (Å²) >= 11 is 0. The van der Waals surface area contributed by atoms with Gasteiger partial charge in [0.05, 0.1) is 0 Å². The van der Waals surface area contributed by atoms with E-state index in [9.17, 15) is 4.79 Å². The highest BCUT2D eigenvalue weighted by Gasteiger charge is 2.15. The molecule has 1 aliphatic heterocycles. The molecule has 0 radical (unpaired) electrons. The van der Waals surface area contributed by atoms with E-state index in [2.05, 4.69) is 22.6 Å². The van der Waals surface area contributed by atoms with Gasteiger partial charge in [0.2, 0.25) is 5.91 Å². The van der Waals surface area contributed by atoms with E-state index in [0.717, 1.165) is 19.5 Å². The number of piperidine rings is 1. The average Bonchev–Trinajstić information content (AvgIpc) is 2.30. The van der Waals surface area contributed by atoms with Crippen LogP contribution >= 0.6 is 0 Å². The van der Waals surface area contributed by atoms with Gasteiger partial charge in [-0.05, 0) is 45.9 Å². The smallest absolute Gasteiger partial charge is 0.222 e. The number of likely N-dealkylation sites (tertiary alicyclic amines) is 1. The van der Waals surface area contributed by atoms with E-state index < -0.39 is 0 Å². The second-order valence-electron chi connectivity index (χ2n) is 5.33. The molecule has 0 aromatic carbocycles. The Labute approximate surface area is 105 Å². The van der Waals surface area contributed by atoms with Crippen LogP contribution in [0.2, 0.25) is 0 Å². The standard InChI is InChI=1S/C13H27N3O/c1-11(2)13(17)15-8-4-7-14-12-5-9-16(3)10-6-12/h11-12,14H,4-10H2,1-3H3,(H,15,17). The van der Waals surface area contributed by atoms with Gasteiger partial charge in [-0.15, -0.1) is 0 Å². The van der Waals surface area contributed by atoms with Gasteiger partial charge in [0.15, 0.2) is 0 Å². The first-order chi connectivity index (χ1) is 8.09. The maximum absolute atomic E-state index is 11.3. The summed E-state index contributed by atoms with van der Waals surface area (Å²) < 4.78 is 0. The number of nitrogens with one attached hydrogen (secondary N) is 2. The first-order valence-corrected chi connectivity index (χ1v) is 6.79. The maximum atomic E-state index is 11.3. The molecule has 0 spiro atoms. The molecule has 1 saturated heterocycles. The minimum Gasteiger partial charge on any atom is -0.356 e. The van der Waals surface area contributed by atoms with E-state index >= 15 is 0 Å². The van der Waals surface area contributed by atoms with E-state index in [1.165, 1.54) is 25.9 Å². The molecular weight excluding hydrogens is 214 g/mol. The Morgan fingerprint density at radius 3 is 2.53 bits per heavy atom. The molecule has 0 atom stereocenters. The van der Waals surface area contributed by atoms with Crippen molar-refractivity contribution in [1.82, 2.24) is 15.5 Å². The summed E-state index contributed by atoms with van der Waals surface area (Å²) in [6.45, 7) is 8.03. The average molecular weight is 241 g/mol.